The van der Waals surface area contributed by atoms with Crippen molar-refractivity contribution in [2.45, 2.75) is 99.4 Å². The van der Waals surface area contributed by atoms with E-state index in [1.807, 2.05) is 90.9 Å². The van der Waals surface area contributed by atoms with Crippen LogP contribution in [0.25, 0.3) is 0 Å². The third kappa shape index (κ3) is 8.89. The van der Waals surface area contributed by atoms with E-state index in [0.29, 0.717) is 12.1 Å². The Morgan fingerprint density at radius 1 is 0.921 bits per heavy atom. The maximum absolute atomic E-state index is 14.2. The zero-order chi connectivity index (χ0) is 28.8. The van der Waals surface area contributed by atoms with Crippen LogP contribution in [0.1, 0.15) is 83.2 Å². The standard InChI is InChI=1S/C31H45N3O4/c1-19(2)15-26(33-30(37)38-31(8,9)10)29(36)34(20(3)4)27(24-17-21(5)16-22(6)18-24)28(35)32-25-14-12-11-13-23(25)7/h11-14,16-20,26-27H,15H2,1-10H3,(H,32,35)(H,33,37). The molecule has 0 saturated carbocycles. The largest absolute Gasteiger partial charge is 0.444 e. The van der Waals surface area contributed by atoms with Gasteiger partial charge in [0.25, 0.3) is 5.91 Å². The number of carbonyl (C=O) groups excluding carboxylic acids is 3. The van der Waals surface area contributed by atoms with Gasteiger partial charge in [-0.1, -0.05) is 61.4 Å². The van der Waals surface area contributed by atoms with Gasteiger partial charge in [0, 0.05) is 11.7 Å². The van der Waals surface area contributed by atoms with Crippen LogP contribution >= 0.6 is 0 Å². The van der Waals surface area contributed by atoms with Gasteiger partial charge in [0.1, 0.15) is 17.7 Å². The smallest absolute Gasteiger partial charge is 0.408 e. The Kier molecular flexibility index (Phi) is 10.5. The van der Waals surface area contributed by atoms with Crippen molar-refractivity contribution in [2.75, 3.05) is 5.32 Å². The van der Waals surface area contributed by atoms with Crippen LogP contribution in [-0.4, -0.2) is 40.5 Å². The molecule has 208 valence electrons. The first kappa shape index (κ1) is 30.9. The first-order valence-electron chi connectivity index (χ1n) is 13.4. The number of ether oxygens (including phenoxy) is 1. The fraction of sp³-hybridized carbons (Fsp3) is 0.516. The summed E-state index contributed by atoms with van der Waals surface area (Å²) in [6.07, 6.45) is -0.257. The molecule has 2 rings (SSSR count). The fourth-order valence-corrected chi connectivity index (χ4v) is 4.52. The zero-order valence-corrected chi connectivity index (χ0v) is 24.6. The molecule has 0 aliphatic carbocycles. The van der Waals surface area contributed by atoms with Gasteiger partial charge in [-0.15, -0.1) is 0 Å². The number of anilines is 1. The first-order valence-corrected chi connectivity index (χ1v) is 13.4. The van der Waals surface area contributed by atoms with E-state index in [-0.39, 0.29) is 23.8 Å². The molecule has 0 bridgehead atoms. The highest BCUT2D eigenvalue weighted by Crippen LogP contribution is 2.29. The van der Waals surface area contributed by atoms with Crippen molar-refractivity contribution in [3.8, 4) is 0 Å². The van der Waals surface area contributed by atoms with Crippen LogP contribution in [-0.2, 0) is 14.3 Å². The summed E-state index contributed by atoms with van der Waals surface area (Å²) in [5, 5.41) is 5.83. The number of hydrogen-bond donors (Lipinski definition) is 2. The summed E-state index contributed by atoms with van der Waals surface area (Å²) in [6, 6.07) is 11.4. The van der Waals surface area contributed by atoms with E-state index in [1.54, 1.807) is 25.7 Å². The second kappa shape index (κ2) is 12.9. The number of alkyl carbamates (subject to hydrolysis) is 1. The SMILES string of the molecule is Cc1cc(C)cc(C(C(=O)Nc2ccccc2C)N(C(=O)C(CC(C)C)NC(=O)OC(C)(C)C)C(C)C)c1. The van der Waals surface area contributed by atoms with Crippen molar-refractivity contribution in [2.24, 2.45) is 5.92 Å². The molecule has 2 N–H and O–H groups in total. The minimum atomic E-state index is -0.907. The highest BCUT2D eigenvalue weighted by atomic mass is 16.6. The van der Waals surface area contributed by atoms with Crippen LogP contribution in [0.2, 0.25) is 0 Å². The second-order valence-corrected chi connectivity index (χ2v) is 11.8. The molecule has 0 aliphatic rings. The predicted octanol–water partition coefficient (Wildman–Crippen LogP) is 6.47. The molecule has 0 aromatic heterocycles. The molecule has 7 nitrogen and oxygen atoms in total. The van der Waals surface area contributed by atoms with Crippen molar-refractivity contribution in [1.82, 2.24) is 10.2 Å². The molecular formula is C31H45N3O4. The lowest BCUT2D eigenvalue weighted by Crippen LogP contribution is -2.54. The average Bonchev–Trinajstić information content (AvgIpc) is 2.75. The summed E-state index contributed by atoms with van der Waals surface area (Å²) < 4.78 is 5.46. The van der Waals surface area contributed by atoms with Gasteiger partial charge < -0.3 is 20.3 Å². The summed E-state index contributed by atoms with van der Waals surface area (Å²) >= 11 is 0. The van der Waals surface area contributed by atoms with Gasteiger partial charge in [-0.05, 0) is 84.9 Å². The Bertz CT molecular complexity index is 1110. The molecule has 7 heteroatoms. The summed E-state index contributed by atoms with van der Waals surface area (Å²) in [5.41, 5.74) is 3.62. The van der Waals surface area contributed by atoms with E-state index < -0.39 is 23.8 Å². The quantitative estimate of drug-likeness (QED) is 0.394. The molecule has 0 heterocycles. The van der Waals surface area contributed by atoms with E-state index in [9.17, 15) is 14.4 Å². The molecule has 2 aromatic carbocycles. The van der Waals surface area contributed by atoms with E-state index >= 15 is 0 Å². The number of amides is 3. The third-order valence-corrected chi connectivity index (χ3v) is 6.00. The molecule has 0 radical (unpaired) electrons. The first-order chi connectivity index (χ1) is 17.6. The van der Waals surface area contributed by atoms with E-state index in [4.69, 9.17) is 4.74 Å². The number of para-hydroxylation sites is 1. The van der Waals surface area contributed by atoms with Crippen LogP contribution in [0.3, 0.4) is 0 Å². The molecule has 3 amide bonds. The van der Waals surface area contributed by atoms with Gasteiger partial charge >= 0.3 is 6.09 Å². The lowest BCUT2D eigenvalue weighted by molar-refractivity contribution is -0.143. The maximum atomic E-state index is 14.2. The maximum Gasteiger partial charge on any atom is 0.408 e. The number of rotatable bonds is 9. The van der Waals surface area contributed by atoms with Crippen molar-refractivity contribution >= 4 is 23.6 Å². The number of benzene rings is 2. The molecule has 0 aliphatic heterocycles. The highest BCUT2D eigenvalue weighted by molar-refractivity contribution is 5.99. The number of hydrogen-bond acceptors (Lipinski definition) is 4. The van der Waals surface area contributed by atoms with Crippen molar-refractivity contribution < 1.29 is 19.1 Å². The Balaban J connectivity index is 2.58. The molecule has 38 heavy (non-hydrogen) atoms. The van der Waals surface area contributed by atoms with Crippen molar-refractivity contribution in [3.05, 3.63) is 64.7 Å². The Morgan fingerprint density at radius 2 is 1.50 bits per heavy atom. The van der Waals surface area contributed by atoms with Gasteiger partial charge in [0.05, 0.1) is 0 Å². The number of nitrogens with one attached hydrogen (secondary N) is 2. The van der Waals surface area contributed by atoms with Gasteiger partial charge in [0.15, 0.2) is 0 Å². The second-order valence-electron chi connectivity index (χ2n) is 11.8. The number of nitrogens with zero attached hydrogens (tertiary/aromatic N) is 1. The summed E-state index contributed by atoms with van der Waals surface area (Å²) in [4.78, 5) is 42.5. The topological polar surface area (TPSA) is 87.7 Å². The number of carbonyl (C=O) groups is 3. The molecule has 2 atom stereocenters. The third-order valence-electron chi connectivity index (χ3n) is 6.00. The van der Waals surface area contributed by atoms with E-state index in [1.165, 1.54) is 0 Å². The Morgan fingerprint density at radius 3 is 2.00 bits per heavy atom. The van der Waals surface area contributed by atoms with Crippen LogP contribution < -0.4 is 10.6 Å². The fourth-order valence-electron chi connectivity index (χ4n) is 4.52. The summed E-state index contributed by atoms with van der Waals surface area (Å²) in [5.74, 6) is -0.524. The lowest BCUT2D eigenvalue weighted by Gasteiger charge is -2.37. The molecule has 2 unspecified atom stereocenters. The highest BCUT2D eigenvalue weighted by Gasteiger charge is 2.38. The van der Waals surface area contributed by atoms with E-state index in [0.717, 1.165) is 22.3 Å². The van der Waals surface area contributed by atoms with Crippen LogP contribution in [0, 0.1) is 26.7 Å². The van der Waals surface area contributed by atoms with Gasteiger partial charge in [0.2, 0.25) is 5.91 Å². The van der Waals surface area contributed by atoms with Crippen LogP contribution in [0.5, 0.6) is 0 Å². The minimum absolute atomic E-state index is 0.119. The van der Waals surface area contributed by atoms with Gasteiger partial charge in [-0.25, -0.2) is 4.79 Å². The van der Waals surface area contributed by atoms with Gasteiger partial charge in [-0.2, -0.15) is 0 Å². The van der Waals surface area contributed by atoms with Crippen LogP contribution in [0.15, 0.2) is 42.5 Å². The monoisotopic (exact) mass is 523 g/mol. The predicted molar refractivity (Wildman–Crippen MR) is 153 cm³/mol. The molecular weight excluding hydrogens is 478 g/mol. The summed E-state index contributed by atoms with van der Waals surface area (Å²) in [7, 11) is 0. The minimum Gasteiger partial charge on any atom is -0.444 e. The lowest BCUT2D eigenvalue weighted by atomic mass is 9.95. The normalized spacial score (nSPS) is 13.2. The van der Waals surface area contributed by atoms with E-state index in [2.05, 4.69) is 10.6 Å². The van der Waals surface area contributed by atoms with Crippen LogP contribution in [0.4, 0.5) is 10.5 Å². The number of aryl methyl sites for hydroxylation is 3. The molecule has 0 spiro atoms. The Hall–Kier alpha value is -3.35. The van der Waals surface area contributed by atoms with Gasteiger partial charge in [-0.3, -0.25) is 9.59 Å². The zero-order valence-electron chi connectivity index (χ0n) is 24.6. The molecule has 2 aromatic rings. The Labute approximate surface area is 228 Å². The van der Waals surface area contributed by atoms with Crippen molar-refractivity contribution in [3.63, 3.8) is 0 Å². The molecule has 0 saturated heterocycles. The van der Waals surface area contributed by atoms with Crippen molar-refractivity contribution in [1.29, 1.82) is 0 Å². The molecule has 0 fully saturated rings. The summed E-state index contributed by atoms with van der Waals surface area (Å²) in [6.45, 7) is 18.9. The average molecular weight is 524 g/mol.